The van der Waals surface area contributed by atoms with E-state index in [0.29, 0.717) is 6.98 Å². The molecule has 3 nitrogen and oxygen atoms in total. The van der Waals surface area contributed by atoms with Gasteiger partial charge in [0.05, 0.1) is 18.9 Å². The zero-order valence-electron chi connectivity index (χ0n) is 12.0. The third-order valence-corrected chi connectivity index (χ3v) is 4.05. The Morgan fingerprint density at radius 1 is 1.11 bits per heavy atom. The molecule has 0 fully saturated rings. The lowest BCUT2D eigenvalue weighted by molar-refractivity contribution is -0.658. The minimum Gasteiger partial charge on any atom is -0.374 e. The van der Waals surface area contributed by atoms with Gasteiger partial charge in [0.1, 0.15) is 5.69 Å². The monoisotopic (exact) mass is 252 g/mol. The molecule has 1 aromatic carbocycles. The molecule has 0 N–H and O–H groups in total. The van der Waals surface area contributed by atoms with Crippen LogP contribution in [0.15, 0.2) is 42.6 Å². The van der Waals surface area contributed by atoms with Gasteiger partial charge in [-0.15, -0.1) is 0 Å². The van der Waals surface area contributed by atoms with E-state index in [9.17, 15) is 0 Å². The number of benzene rings is 1. The molecule has 0 atom stereocenters. The van der Waals surface area contributed by atoms with Gasteiger partial charge < -0.3 is 4.81 Å². The van der Waals surface area contributed by atoms with Crippen molar-refractivity contribution >= 4 is 24.2 Å². The van der Waals surface area contributed by atoms with Crippen LogP contribution in [-0.4, -0.2) is 14.0 Å². The molecule has 3 rings (SSSR count). The Kier molecular flexibility index (Phi) is 2.74. The smallest absolute Gasteiger partial charge is 0.374 e. The second-order valence-electron chi connectivity index (χ2n) is 5.23. The van der Waals surface area contributed by atoms with Crippen molar-refractivity contribution in [3.05, 3.63) is 48.2 Å². The predicted octanol–water partition coefficient (Wildman–Crippen LogP) is 2.53. The molecule has 0 saturated heterocycles. The van der Waals surface area contributed by atoms with Gasteiger partial charge in [-0.2, -0.15) is 0 Å². The number of rotatable bonds is 1. The fraction of sp³-hybridized carbons (Fsp3) is 0.267. The molecule has 1 aliphatic rings. The van der Waals surface area contributed by atoms with E-state index in [0.717, 1.165) is 0 Å². The fourth-order valence-corrected chi connectivity index (χ4v) is 2.87. The Bertz CT molecular complexity index is 627. The number of aryl methyl sites for hydroxylation is 2. The zero-order valence-corrected chi connectivity index (χ0v) is 12.0. The molecule has 0 aliphatic carbocycles. The van der Waals surface area contributed by atoms with Gasteiger partial charge in [-0.25, -0.2) is 4.57 Å². The summed E-state index contributed by atoms with van der Waals surface area (Å²) in [5, 5.41) is 0. The maximum atomic E-state index is 2.41. The summed E-state index contributed by atoms with van der Waals surface area (Å²) in [6.45, 7) is 4.75. The average Bonchev–Trinajstić information content (AvgIpc) is 2.65. The van der Waals surface area contributed by atoms with E-state index in [1.807, 2.05) is 0 Å². The molecule has 0 saturated carbocycles. The lowest BCUT2D eigenvalue weighted by Crippen LogP contribution is -2.46. The molecule has 0 unspecified atom stereocenters. The SMILES string of the molecule is CB1N(C)c2cccc(C)c2N1c1cccc[n+]1C. The van der Waals surface area contributed by atoms with E-state index < -0.39 is 0 Å². The van der Waals surface area contributed by atoms with Gasteiger partial charge >= 0.3 is 6.98 Å². The minimum absolute atomic E-state index is 0.324. The standard InChI is InChI=1S/C15H19BN3/c1-12-8-7-9-13-15(12)19(16(2)18(13)4)14-10-5-6-11-17(14)3/h5-11H,1-4H3/q+1. The number of hydrogen-bond acceptors (Lipinski definition) is 2. The van der Waals surface area contributed by atoms with Crippen molar-refractivity contribution in [2.24, 2.45) is 7.05 Å². The normalized spacial score (nSPS) is 14.0. The third-order valence-electron chi connectivity index (χ3n) is 4.05. The summed E-state index contributed by atoms with van der Waals surface area (Å²) in [6.07, 6.45) is 2.10. The lowest BCUT2D eigenvalue weighted by atomic mass is 9.77. The molecule has 4 heteroatoms. The second-order valence-corrected chi connectivity index (χ2v) is 5.23. The number of anilines is 3. The Morgan fingerprint density at radius 3 is 2.63 bits per heavy atom. The first-order chi connectivity index (χ1) is 9.11. The summed E-state index contributed by atoms with van der Waals surface area (Å²) in [5.74, 6) is 1.22. The highest BCUT2D eigenvalue weighted by molar-refractivity contribution is 6.70. The highest BCUT2D eigenvalue weighted by atomic mass is 15.3. The molecule has 1 aromatic heterocycles. The highest BCUT2D eigenvalue weighted by Crippen LogP contribution is 2.42. The Balaban J connectivity index is 2.22. The van der Waals surface area contributed by atoms with Gasteiger partial charge in [0.25, 0.3) is 5.82 Å². The first-order valence-corrected chi connectivity index (χ1v) is 6.67. The summed E-state index contributed by atoms with van der Waals surface area (Å²) in [4.78, 5) is 4.74. The number of fused-ring (bicyclic) bond motifs is 1. The van der Waals surface area contributed by atoms with Crippen LogP contribution in [0, 0.1) is 6.92 Å². The highest BCUT2D eigenvalue weighted by Gasteiger charge is 2.44. The molecule has 0 spiro atoms. The van der Waals surface area contributed by atoms with Crippen molar-refractivity contribution in [3.8, 4) is 0 Å². The Hall–Kier alpha value is -1.97. The van der Waals surface area contributed by atoms with Gasteiger partial charge in [0.2, 0.25) is 0 Å². The topological polar surface area (TPSA) is 10.4 Å². The maximum absolute atomic E-state index is 2.41. The summed E-state index contributed by atoms with van der Waals surface area (Å²) < 4.78 is 2.17. The van der Waals surface area contributed by atoms with Crippen LogP contribution in [0.4, 0.5) is 17.2 Å². The summed E-state index contributed by atoms with van der Waals surface area (Å²) >= 11 is 0. The number of para-hydroxylation sites is 1. The van der Waals surface area contributed by atoms with Gasteiger partial charge in [0.15, 0.2) is 0 Å². The number of aromatic nitrogens is 1. The Labute approximate surface area is 115 Å². The van der Waals surface area contributed by atoms with Crippen molar-refractivity contribution in [2.75, 3.05) is 16.7 Å². The first-order valence-electron chi connectivity index (χ1n) is 6.67. The predicted molar refractivity (Wildman–Crippen MR) is 81.0 cm³/mol. The van der Waals surface area contributed by atoms with E-state index >= 15 is 0 Å². The molecule has 0 bridgehead atoms. The minimum atomic E-state index is 0.324. The van der Waals surface area contributed by atoms with Crippen molar-refractivity contribution in [1.82, 2.24) is 0 Å². The molecule has 2 aromatic rings. The van der Waals surface area contributed by atoms with Crippen molar-refractivity contribution in [1.29, 1.82) is 0 Å². The molecule has 2 heterocycles. The number of pyridine rings is 1. The van der Waals surface area contributed by atoms with Crippen molar-refractivity contribution in [3.63, 3.8) is 0 Å². The fourth-order valence-electron chi connectivity index (χ4n) is 2.87. The van der Waals surface area contributed by atoms with Crippen LogP contribution in [-0.2, 0) is 7.05 Å². The van der Waals surface area contributed by atoms with E-state index in [1.165, 1.54) is 22.8 Å². The molecule has 96 valence electrons. The van der Waals surface area contributed by atoms with E-state index in [4.69, 9.17) is 0 Å². The van der Waals surface area contributed by atoms with Crippen LogP contribution < -0.4 is 14.2 Å². The average molecular weight is 252 g/mol. The van der Waals surface area contributed by atoms with Crippen LogP contribution in [0.25, 0.3) is 0 Å². The Morgan fingerprint density at radius 2 is 1.89 bits per heavy atom. The van der Waals surface area contributed by atoms with Crippen LogP contribution >= 0.6 is 0 Å². The summed E-state index contributed by atoms with van der Waals surface area (Å²) in [6, 6.07) is 12.8. The van der Waals surface area contributed by atoms with Gasteiger partial charge in [-0.3, -0.25) is 4.81 Å². The van der Waals surface area contributed by atoms with Crippen molar-refractivity contribution in [2.45, 2.75) is 13.7 Å². The molecule has 19 heavy (non-hydrogen) atoms. The second kappa shape index (κ2) is 4.30. The number of hydrogen-bond donors (Lipinski definition) is 0. The van der Waals surface area contributed by atoms with E-state index in [-0.39, 0.29) is 0 Å². The van der Waals surface area contributed by atoms with Crippen LogP contribution in [0.3, 0.4) is 0 Å². The molecule has 1 aliphatic heterocycles. The molecule has 0 amide bonds. The van der Waals surface area contributed by atoms with Crippen molar-refractivity contribution < 1.29 is 4.57 Å². The zero-order chi connectivity index (χ0) is 13.6. The molecule has 0 radical (unpaired) electrons. The van der Waals surface area contributed by atoms with Gasteiger partial charge in [-0.1, -0.05) is 18.2 Å². The van der Waals surface area contributed by atoms with E-state index in [2.05, 4.69) is 84.6 Å². The quantitative estimate of drug-likeness (QED) is 0.570. The molecular weight excluding hydrogens is 233 g/mol. The van der Waals surface area contributed by atoms with Crippen LogP contribution in [0.5, 0.6) is 0 Å². The third kappa shape index (κ3) is 1.71. The lowest BCUT2D eigenvalue weighted by Gasteiger charge is -2.18. The maximum Gasteiger partial charge on any atom is 0.498 e. The van der Waals surface area contributed by atoms with E-state index in [1.54, 1.807) is 0 Å². The summed E-state index contributed by atoms with van der Waals surface area (Å²) in [7, 11) is 4.25. The van der Waals surface area contributed by atoms with Gasteiger partial charge in [0, 0.05) is 6.07 Å². The number of nitrogens with zero attached hydrogens (tertiary/aromatic N) is 3. The van der Waals surface area contributed by atoms with Crippen LogP contribution in [0.1, 0.15) is 5.56 Å². The largest absolute Gasteiger partial charge is 0.498 e. The summed E-state index contributed by atoms with van der Waals surface area (Å²) in [5.41, 5.74) is 3.94. The molecular formula is C15H19BN3+. The van der Waals surface area contributed by atoms with Crippen LogP contribution in [0.2, 0.25) is 6.82 Å². The van der Waals surface area contributed by atoms with Gasteiger partial charge in [-0.05, 0) is 38.5 Å². The first kappa shape index (κ1) is 12.1.